The number of hydrogen-bond acceptors (Lipinski definition) is 5. The van der Waals surface area contributed by atoms with Gasteiger partial charge in [0.2, 0.25) is 0 Å². The largest absolute Gasteiger partial charge is 0.450 e. The molecule has 2 amide bonds. The first kappa shape index (κ1) is 27.5. The molecule has 7 nitrogen and oxygen atoms in total. The van der Waals surface area contributed by atoms with E-state index in [0.717, 1.165) is 75.2 Å². The monoisotopic (exact) mass is 544 g/mol. The predicted octanol–water partition coefficient (Wildman–Crippen LogP) is 4.16. The van der Waals surface area contributed by atoms with Crippen LogP contribution in [0, 0.1) is 5.92 Å². The number of nitrogens with zero attached hydrogens (tertiary/aromatic N) is 3. The fourth-order valence-electron chi connectivity index (χ4n) is 5.78. The quantitative estimate of drug-likeness (QED) is 0.534. The number of amides is 2. The number of hydrogen-bond donors (Lipinski definition) is 1. The van der Waals surface area contributed by atoms with Gasteiger partial charge < -0.3 is 24.4 Å². The van der Waals surface area contributed by atoms with E-state index < -0.39 is 0 Å². The van der Waals surface area contributed by atoms with Crippen LogP contribution in [0.2, 0.25) is 0 Å². The van der Waals surface area contributed by atoms with Crippen molar-refractivity contribution in [1.82, 2.24) is 20.0 Å². The molecule has 1 aromatic heterocycles. The zero-order valence-electron chi connectivity index (χ0n) is 21.0. The lowest BCUT2D eigenvalue weighted by molar-refractivity contribution is 0.0606. The van der Waals surface area contributed by atoms with Crippen LogP contribution in [0.15, 0.2) is 52.9 Å². The van der Waals surface area contributed by atoms with E-state index in [1.54, 1.807) is 0 Å². The normalized spacial score (nSPS) is 23.3. The van der Waals surface area contributed by atoms with Gasteiger partial charge >= 0.3 is 0 Å². The van der Waals surface area contributed by atoms with E-state index in [1.165, 1.54) is 0 Å². The van der Waals surface area contributed by atoms with Crippen LogP contribution in [0.25, 0.3) is 22.1 Å². The fourth-order valence-corrected chi connectivity index (χ4v) is 5.78. The highest BCUT2D eigenvalue weighted by Gasteiger charge is 2.35. The average molecular weight is 546 g/mol. The summed E-state index contributed by atoms with van der Waals surface area (Å²) in [7, 11) is 2.08. The predicted molar refractivity (Wildman–Crippen MR) is 150 cm³/mol. The van der Waals surface area contributed by atoms with Crippen LogP contribution in [-0.2, 0) is 0 Å². The summed E-state index contributed by atoms with van der Waals surface area (Å²) in [5, 5.41) is 4.11. The highest BCUT2D eigenvalue weighted by molar-refractivity contribution is 6.01. The van der Waals surface area contributed by atoms with Gasteiger partial charge in [-0.15, -0.1) is 24.8 Å². The number of furan rings is 1. The number of piperazine rings is 1. The van der Waals surface area contributed by atoms with E-state index in [2.05, 4.69) is 22.2 Å². The average Bonchev–Trinajstić information content (AvgIpc) is 3.34. The molecule has 198 valence electrons. The van der Waals surface area contributed by atoms with Gasteiger partial charge in [0.25, 0.3) is 11.8 Å². The summed E-state index contributed by atoms with van der Waals surface area (Å²) in [5.74, 6) is 0.812. The Labute approximate surface area is 230 Å². The van der Waals surface area contributed by atoms with Crippen molar-refractivity contribution in [3.63, 3.8) is 0 Å². The molecule has 0 aliphatic carbocycles. The number of para-hydroxylation sites is 1. The van der Waals surface area contributed by atoms with Crippen LogP contribution in [0.5, 0.6) is 0 Å². The second-order valence-electron chi connectivity index (χ2n) is 10.2. The van der Waals surface area contributed by atoms with E-state index in [-0.39, 0.29) is 42.7 Å². The van der Waals surface area contributed by atoms with Gasteiger partial charge in [0.05, 0.1) is 0 Å². The molecule has 1 atom stereocenters. The van der Waals surface area contributed by atoms with Crippen LogP contribution in [0.4, 0.5) is 0 Å². The molecule has 4 fully saturated rings. The van der Waals surface area contributed by atoms with Gasteiger partial charge in [-0.25, -0.2) is 0 Å². The number of piperidine rings is 3. The summed E-state index contributed by atoms with van der Waals surface area (Å²) in [6.45, 7) is 6.47. The molecule has 4 aliphatic rings. The molecule has 5 heterocycles. The van der Waals surface area contributed by atoms with Gasteiger partial charge in [-0.2, -0.15) is 0 Å². The molecule has 7 rings (SSSR count). The van der Waals surface area contributed by atoms with Crippen molar-refractivity contribution in [3.05, 3.63) is 59.9 Å². The maximum atomic E-state index is 13.1. The first-order valence-electron chi connectivity index (χ1n) is 12.7. The lowest BCUT2D eigenvalue weighted by Crippen LogP contribution is -2.57. The third-order valence-electron chi connectivity index (χ3n) is 7.95. The number of benzene rings is 2. The third kappa shape index (κ3) is 5.50. The maximum absolute atomic E-state index is 13.1. The van der Waals surface area contributed by atoms with Gasteiger partial charge in [-0.3, -0.25) is 9.59 Å². The molecule has 9 heteroatoms. The van der Waals surface area contributed by atoms with Crippen molar-refractivity contribution >= 4 is 47.6 Å². The molecule has 4 aliphatic heterocycles. The zero-order chi connectivity index (χ0) is 23.9. The number of rotatable bonds is 4. The topological polar surface area (TPSA) is 69.0 Å². The Morgan fingerprint density at radius 3 is 2.35 bits per heavy atom. The highest BCUT2D eigenvalue weighted by atomic mass is 35.5. The SMILES string of the molecule is CN1CCN(C(=O)c2cccc(-c3cccc4cc(C(=O)N[C@@H]5CN6CCC5CC6)oc34)c2)CC1.Cl.Cl. The van der Waals surface area contributed by atoms with Gasteiger partial charge in [0.15, 0.2) is 5.76 Å². The van der Waals surface area contributed by atoms with Gasteiger partial charge in [-0.1, -0.05) is 30.3 Å². The summed E-state index contributed by atoms with van der Waals surface area (Å²) in [6.07, 6.45) is 2.30. The van der Waals surface area contributed by atoms with Crippen LogP contribution >= 0.6 is 24.8 Å². The Balaban J connectivity index is 0.00000160. The number of halogens is 2. The Hall–Kier alpha value is -2.58. The second-order valence-corrected chi connectivity index (χ2v) is 10.2. The van der Waals surface area contributed by atoms with E-state index >= 15 is 0 Å². The van der Waals surface area contributed by atoms with E-state index in [9.17, 15) is 9.59 Å². The zero-order valence-corrected chi connectivity index (χ0v) is 22.7. The summed E-state index contributed by atoms with van der Waals surface area (Å²) in [5.41, 5.74) is 3.15. The first-order chi connectivity index (χ1) is 17.0. The Morgan fingerprint density at radius 1 is 0.919 bits per heavy atom. The van der Waals surface area contributed by atoms with Crippen LogP contribution in [0.1, 0.15) is 33.8 Å². The lowest BCUT2D eigenvalue weighted by atomic mass is 9.84. The van der Waals surface area contributed by atoms with E-state index in [4.69, 9.17) is 4.42 Å². The smallest absolute Gasteiger partial charge is 0.287 e. The molecule has 0 spiro atoms. The van der Waals surface area contributed by atoms with E-state index in [1.807, 2.05) is 53.4 Å². The second kappa shape index (κ2) is 11.4. The van der Waals surface area contributed by atoms with Crippen molar-refractivity contribution < 1.29 is 14.0 Å². The Kier molecular flexibility index (Phi) is 8.49. The molecule has 2 bridgehead atoms. The summed E-state index contributed by atoms with van der Waals surface area (Å²) < 4.78 is 6.14. The van der Waals surface area contributed by atoms with Crippen molar-refractivity contribution in [2.45, 2.75) is 18.9 Å². The van der Waals surface area contributed by atoms with Crippen molar-refractivity contribution in [2.24, 2.45) is 5.92 Å². The maximum Gasteiger partial charge on any atom is 0.287 e. The molecule has 0 unspecified atom stereocenters. The minimum atomic E-state index is -0.148. The lowest BCUT2D eigenvalue weighted by Gasteiger charge is -2.44. The van der Waals surface area contributed by atoms with Gasteiger partial charge in [-0.05, 0) is 62.7 Å². The van der Waals surface area contributed by atoms with Crippen LogP contribution in [0.3, 0.4) is 0 Å². The van der Waals surface area contributed by atoms with Crippen molar-refractivity contribution in [2.75, 3.05) is 52.9 Å². The third-order valence-corrected chi connectivity index (χ3v) is 7.95. The minimum absolute atomic E-state index is 0. The molecule has 3 aromatic rings. The van der Waals surface area contributed by atoms with Crippen molar-refractivity contribution in [3.8, 4) is 11.1 Å². The minimum Gasteiger partial charge on any atom is -0.450 e. The van der Waals surface area contributed by atoms with Gasteiger partial charge in [0.1, 0.15) is 5.58 Å². The highest BCUT2D eigenvalue weighted by Crippen LogP contribution is 2.32. The molecule has 2 aromatic carbocycles. The molecular weight excluding hydrogens is 511 g/mol. The summed E-state index contributed by atoms with van der Waals surface area (Å²) in [4.78, 5) is 32.8. The van der Waals surface area contributed by atoms with Crippen LogP contribution in [-0.4, -0.2) is 85.4 Å². The van der Waals surface area contributed by atoms with Crippen LogP contribution < -0.4 is 5.32 Å². The number of carbonyl (C=O) groups excluding carboxylic acids is 2. The molecule has 4 saturated heterocycles. The van der Waals surface area contributed by atoms with Gasteiger partial charge in [0, 0.05) is 55.3 Å². The molecule has 0 radical (unpaired) electrons. The number of carbonyl (C=O) groups is 2. The molecule has 0 saturated carbocycles. The summed E-state index contributed by atoms with van der Waals surface area (Å²) in [6, 6.07) is 15.7. The molecule has 37 heavy (non-hydrogen) atoms. The number of likely N-dealkylation sites (N-methyl/N-ethyl adjacent to an activating group) is 1. The standard InChI is InChI=1S/C28H32N4O3.2ClH/c1-30-12-14-32(15-13-30)28(34)22-6-2-4-20(16-22)23-7-3-5-21-17-25(35-26(21)23)27(33)29-24-18-31-10-8-19(24)9-11-31;;/h2-7,16-17,19,24H,8-15,18H2,1H3,(H,29,33);2*1H/t24-;;/m1../s1. The fraction of sp³-hybridized carbons (Fsp3) is 0.429. The van der Waals surface area contributed by atoms with Crippen molar-refractivity contribution in [1.29, 1.82) is 0 Å². The Bertz CT molecular complexity index is 1260. The molecule has 1 N–H and O–H groups in total. The number of fused-ring (bicyclic) bond motifs is 4. The van der Waals surface area contributed by atoms with E-state index in [0.29, 0.717) is 22.8 Å². The number of nitrogens with one attached hydrogen (secondary N) is 1. The Morgan fingerprint density at radius 2 is 1.65 bits per heavy atom. The first-order valence-corrected chi connectivity index (χ1v) is 12.7. The summed E-state index contributed by atoms with van der Waals surface area (Å²) >= 11 is 0. The molecular formula is C28H34Cl2N4O3.